The molecule has 1 N–H and O–H groups in total. The first-order chi connectivity index (χ1) is 10.6. The third kappa shape index (κ3) is 5.66. The molecule has 0 aromatic heterocycles. The van der Waals surface area contributed by atoms with Gasteiger partial charge in [-0.15, -0.1) is 11.8 Å². The molecule has 0 saturated heterocycles. The average Bonchev–Trinajstić information content (AvgIpc) is 2.54. The largest absolute Gasteiger partial charge is 0.272 e. The smallest absolute Gasteiger partial charge is 0.250 e. The normalized spacial score (nSPS) is 11.3. The summed E-state index contributed by atoms with van der Waals surface area (Å²) in [7, 11) is 0. The summed E-state index contributed by atoms with van der Waals surface area (Å²) < 4.78 is 1.02. The van der Waals surface area contributed by atoms with Crippen LogP contribution in [0.15, 0.2) is 64.2 Å². The van der Waals surface area contributed by atoms with Crippen molar-refractivity contribution in [3.05, 3.63) is 70.2 Å². The van der Waals surface area contributed by atoms with Crippen molar-refractivity contribution in [3.8, 4) is 0 Å². The highest BCUT2D eigenvalue weighted by Crippen LogP contribution is 2.12. The number of carbonyl (C=O) groups is 1. The Bertz CT molecular complexity index is 641. The molecule has 0 aliphatic carbocycles. The van der Waals surface area contributed by atoms with Gasteiger partial charge in [0.1, 0.15) is 0 Å². The molecule has 114 valence electrons. The van der Waals surface area contributed by atoms with Crippen molar-refractivity contribution in [3.63, 3.8) is 0 Å². The fraction of sp³-hybridized carbons (Fsp3) is 0.176. The predicted molar refractivity (Wildman–Crippen MR) is 97.1 cm³/mol. The molecule has 0 heterocycles. The quantitative estimate of drug-likeness (QED) is 0.605. The molecule has 1 amide bonds. The highest BCUT2D eigenvalue weighted by atomic mass is 79.9. The first-order valence-electron chi connectivity index (χ1n) is 6.86. The first-order valence-corrected chi connectivity index (χ1v) is 8.80. The van der Waals surface area contributed by atoms with Crippen LogP contribution in [0.4, 0.5) is 0 Å². The van der Waals surface area contributed by atoms with Gasteiger partial charge in [-0.25, -0.2) is 5.43 Å². The van der Waals surface area contributed by atoms with E-state index >= 15 is 0 Å². The fourth-order valence-electron chi connectivity index (χ4n) is 1.77. The third-order valence-electron chi connectivity index (χ3n) is 2.96. The van der Waals surface area contributed by atoms with E-state index in [2.05, 4.69) is 38.6 Å². The summed E-state index contributed by atoms with van der Waals surface area (Å²) in [6.45, 7) is 1.88. The van der Waals surface area contributed by atoms with Gasteiger partial charge < -0.3 is 0 Å². The van der Waals surface area contributed by atoms with Crippen LogP contribution in [0, 0.1) is 0 Å². The summed E-state index contributed by atoms with van der Waals surface area (Å²) in [5, 5.41) is 4.14. The van der Waals surface area contributed by atoms with Gasteiger partial charge >= 0.3 is 0 Å². The fourth-order valence-corrected chi connectivity index (χ4v) is 2.81. The summed E-state index contributed by atoms with van der Waals surface area (Å²) in [6, 6.07) is 17.9. The highest BCUT2D eigenvalue weighted by molar-refractivity contribution is 9.10. The maximum atomic E-state index is 11.8. The summed E-state index contributed by atoms with van der Waals surface area (Å²) in [5.74, 6) is 1.13. The van der Waals surface area contributed by atoms with Crippen LogP contribution in [-0.2, 0) is 10.5 Å². The zero-order valence-electron chi connectivity index (χ0n) is 12.3. The van der Waals surface area contributed by atoms with Crippen molar-refractivity contribution in [1.29, 1.82) is 0 Å². The molecule has 2 aromatic carbocycles. The van der Waals surface area contributed by atoms with E-state index in [0.29, 0.717) is 5.75 Å². The Morgan fingerprint density at radius 3 is 2.50 bits per heavy atom. The Morgan fingerprint density at radius 1 is 1.14 bits per heavy atom. The van der Waals surface area contributed by atoms with Crippen LogP contribution in [0.3, 0.4) is 0 Å². The maximum Gasteiger partial charge on any atom is 0.250 e. The minimum absolute atomic E-state index is 0.0857. The Labute approximate surface area is 143 Å². The van der Waals surface area contributed by atoms with Crippen LogP contribution in [0.25, 0.3) is 0 Å². The number of thioether (sulfide) groups is 1. The van der Waals surface area contributed by atoms with E-state index in [4.69, 9.17) is 0 Å². The van der Waals surface area contributed by atoms with Crippen molar-refractivity contribution >= 4 is 39.3 Å². The number of hydrogen-bond acceptors (Lipinski definition) is 3. The highest BCUT2D eigenvalue weighted by Gasteiger charge is 2.02. The van der Waals surface area contributed by atoms with Gasteiger partial charge in [0.15, 0.2) is 0 Å². The van der Waals surface area contributed by atoms with Crippen LogP contribution in [0.2, 0.25) is 0 Å². The zero-order valence-corrected chi connectivity index (χ0v) is 14.7. The van der Waals surface area contributed by atoms with Gasteiger partial charge in [0, 0.05) is 10.2 Å². The van der Waals surface area contributed by atoms with Gasteiger partial charge in [-0.1, -0.05) is 58.4 Å². The van der Waals surface area contributed by atoms with E-state index in [0.717, 1.165) is 21.5 Å². The van der Waals surface area contributed by atoms with Crippen LogP contribution in [-0.4, -0.2) is 17.4 Å². The van der Waals surface area contributed by atoms with Crippen LogP contribution < -0.4 is 5.43 Å². The predicted octanol–water partition coefficient (Wildman–Crippen LogP) is 4.22. The van der Waals surface area contributed by atoms with E-state index in [1.807, 2.05) is 49.4 Å². The molecular formula is C17H17BrN2OS. The average molecular weight is 377 g/mol. The van der Waals surface area contributed by atoms with Crippen molar-refractivity contribution < 1.29 is 4.79 Å². The first kappa shape index (κ1) is 16.8. The molecule has 0 aliphatic rings. The van der Waals surface area contributed by atoms with Crippen molar-refractivity contribution in [1.82, 2.24) is 5.43 Å². The number of amides is 1. The maximum absolute atomic E-state index is 11.8. The Morgan fingerprint density at radius 2 is 1.82 bits per heavy atom. The second kappa shape index (κ2) is 8.76. The second-order valence-corrected chi connectivity index (χ2v) is 6.62. The molecule has 0 saturated carbocycles. The Balaban J connectivity index is 1.77. The van der Waals surface area contributed by atoms with E-state index in [-0.39, 0.29) is 5.91 Å². The van der Waals surface area contributed by atoms with Crippen molar-refractivity contribution in [2.24, 2.45) is 5.10 Å². The molecule has 2 aromatic rings. The number of benzene rings is 2. The molecule has 0 radical (unpaired) electrons. The summed E-state index contributed by atoms with van der Waals surface area (Å²) >= 11 is 4.97. The molecule has 0 bridgehead atoms. The summed E-state index contributed by atoms with van der Waals surface area (Å²) in [6.07, 6.45) is 0. The number of hydrazone groups is 1. The van der Waals surface area contributed by atoms with Crippen molar-refractivity contribution in [2.45, 2.75) is 12.7 Å². The molecule has 0 spiro atoms. The van der Waals surface area contributed by atoms with Gasteiger partial charge in [0.05, 0.1) is 11.5 Å². The SMILES string of the molecule is C/C(=N\NC(=O)CSCc1ccccc1)c1ccc(Br)cc1. The Kier molecular flexibility index (Phi) is 6.68. The molecule has 0 aliphatic heterocycles. The number of halogens is 1. The minimum Gasteiger partial charge on any atom is -0.272 e. The summed E-state index contributed by atoms with van der Waals surface area (Å²) in [4.78, 5) is 11.8. The Hall–Kier alpha value is -1.59. The summed E-state index contributed by atoms with van der Waals surface area (Å²) in [5.41, 5.74) is 5.59. The van der Waals surface area contributed by atoms with E-state index in [1.54, 1.807) is 11.8 Å². The van der Waals surface area contributed by atoms with Gasteiger partial charge in [-0.2, -0.15) is 5.10 Å². The number of hydrogen-bond donors (Lipinski definition) is 1. The molecule has 2 rings (SSSR count). The van der Waals surface area contributed by atoms with Crippen LogP contribution in [0.5, 0.6) is 0 Å². The lowest BCUT2D eigenvalue weighted by Gasteiger charge is -2.04. The van der Waals surface area contributed by atoms with Gasteiger partial charge in [-0.3, -0.25) is 4.79 Å². The van der Waals surface area contributed by atoms with E-state index in [1.165, 1.54) is 5.56 Å². The van der Waals surface area contributed by atoms with Crippen LogP contribution in [0.1, 0.15) is 18.1 Å². The van der Waals surface area contributed by atoms with Crippen LogP contribution >= 0.6 is 27.7 Å². The van der Waals surface area contributed by atoms with Crippen molar-refractivity contribution in [2.75, 3.05) is 5.75 Å². The zero-order chi connectivity index (χ0) is 15.8. The molecule has 22 heavy (non-hydrogen) atoms. The molecule has 0 fully saturated rings. The number of nitrogens with zero attached hydrogens (tertiary/aromatic N) is 1. The minimum atomic E-state index is -0.0857. The molecular weight excluding hydrogens is 360 g/mol. The number of carbonyl (C=O) groups excluding carboxylic acids is 1. The molecule has 5 heteroatoms. The molecule has 0 unspecified atom stereocenters. The van der Waals surface area contributed by atoms with Gasteiger partial charge in [-0.05, 0) is 30.2 Å². The second-order valence-electron chi connectivity index (χ2n) is 4.72. The lowest BCUT2D eigenvalue weighted by atomic mass is 10.1. The standard InChI is InChI=1S/C17H17BrN2OS/c1-13(15-7-9-16(18)10-8-15)19-20-17(21)12-22-11-14-5-3-2-4-6-14/h2-10H,11-12H2,1H3,(H,20,21)/b19-13+. The molecule has 0 atom stereocenters. The lowest BCUT2D eigenvalue weighted by Crippen LogP contribution is -2.21. The van der Waals surface area contributed by atoms with E-state index < -0.39 is 0 Å². The number of nitrogens with one attached hydrogen (secondary N) is 1. The number of rotatable bonds is 6. The third-order valence-corrected chi connectivity index (χ3v) is 4.49. The monoisotopic (exact) mass is 376 g/mol. The van der Waals surface area contributed by atoms with Gasteiger partial charge in [0.2, 0.25) is 5.91 Å². The topological polar surface area (TPSA) is 41.5 Å². The lowest BCUT2D eigenvalue weighted by molar-refractivity contribution is -0.118. The van der Waals surface area contributed by atoms with Gasteiger partial charge in [0.25, 0.3) is 0 Å². The van der Waals surface area contributed by atoms with E-state index in [9.17, 15) is 4.79 Å². The molecule has 3 nitrogen and oxygen atoms in total.